The summed E-state index contributed by atoms with van der Waals surface area (Å²) >= 11 is 0. The maximum absolute atomic E-state index is 5.28. The molecule has 2 rings (SSSR count). The van der Waals surface area contributed by atoms with Gasteiger partial charge in [0.15, 0.2) is 11.8 Å². The average molecular weight is 499 g/mol. The first-order valence-electron chi connectivity index (χ1n) is 9.90. The topological polar surface area (TPSA) is 75.3 Å². The van der Waals surface area contributed by atoms with E-state index in [2.05, 4.69) is 79.7 Å². The van der Waals surface area contributed by atoms with Gasteiger partial charge in [0.2, 0.25) is 5.89 Å². The molecule has 6 nitrogen and oxygen atoms in total. The van der Waals surface area contributed by atoms with Gasteiger partial charge in [0.25, 0.3) is 0 Å². The van der Waals surface area contributed by atoms with Crippen LogP contribution in [0.4, 0.5) is 0 Å². The highest BCUT2D eigenvalue weighted by Crippen LogP contribution is 2.16. The Bertz CT molecular complexity index is 712. The zero-order chi connectivity index (χ0) is 19.6. The fourth-order valence-electron chi connectivity index (χ4n) is 2.62. The van der Waals surface area contributed by atoms with Crippen molar-refractivity contribution < 1.29 is 4.52 Å². The number of hydrogen-bond acceptors (Lipinski definition) is 4. The number of aliphatic imine (C=N–C) groups is 1. The van der Waals surface area contributed by atoms with Gasteiger partial charge in [-0.1, -0.05) is 55.8 Å². The van der Waals surface area contributed by atoms with E-state index in [-0.39, 0.29) is 24.0 Å². The smallest absolute Gasteiger partial charge is 0.226 e. The number of halogens is 1. The zero-order valence-corrected chi connectivity index (χ0v) is 20.0. The summed E-state index contributed by atoms with van der Waals surface area (Å²) in [5.41, 5.74) is 2.60. The molecule has 28 heavy (non-hydrogen) atoms. The van der Waals surface area contributed by atoms with Crippen LogP contribution in [0.25, 0.3) is 0 Å². The van der Waals surface area contributed by atoms with E-state index in [0.717, 1.165) is 44.3 Å². The molecule has 0 bridgehead atoms. The molecular weight excluding hydrogens is 465 g/mol. The van der Waals surface area contributed by atoms with Crippen LogP contribution in [-0.4, -0.2) is 35.7 Å². The average Bonchev–Trinajstić information content (AvgIpc) is 3.12. The minimum absolute atomic E-state index is 0. The van der Waals surface area contributed by atoms with Crippen molar-refractivity contribution >= 4 is 29.9 Å². The van der Waals surface area contributed by atoms with Crippen LogP contribution in [0, 0.1) is 6.92 Å². The maximum Gasteiger partial charge on any atom is 0.226 e. The summed E-state index contributed by atoms with van der Waals surface area (Å²) in [5.74, 6) is 3.01. The van der Waals surface area contributed by atoms with Crippen molar-refractivity contribution in [3.05, 3.63) is 47.1 Å². The van der Waals surface area contributed by atoms with Crippen molar-refractivity contribution in [2.24, 2.45) is 4.99 Å². The molecule has 0 aliphatic rings. The third-order valence-corrected chi connectivity index (χ3v) is 4.37. The van der Waals surface area contributed by atoms with Crippen LogP contribution >= 0.6 is 24.0 Å². The second kappa shape index (κ2) is 12.7. The molecule has 1 unspecified atom stereocenters. The lowest BCUT2D eigenvalue weighted by atomic mass is 10.0. The van der Waals surface area contributed by atoms with Gasteiger partial charge in [0.1, 0.15) is 0 Å². The van der Waals surface area contributed by atoms with Crippen LogP contribution in [0.2, 0.25) is 0 Å². The van der Waals surface area contributed by atoms with E-state index in [0.29, 0.717) is 17.7 Å². The SMILES string of the molecule is CCNC(=NCC(C)c1ccc(C)cc1)NCCCc1nc(C(C)C)no1.I. The van der Waals surface area contributed by atoms with E-state index in [1.54, 1.807) is 0 Å². The number of nitrogens with zero attached hydrogens (tertiary/aromatic N) is 3. The lowest BCUT2D eigenvalue weighted by molar-refractivity contribution is 0.368. The van der Waals surface area contributed by atoms with Gasteiger partial charge in [0.05, 0.1) is 0 Å². The van der Waals surface area contributed by atoms with Crippen LogP contribution in [-0.2, 0) is 6.42 Å². The fraction of sp³-hybridized carbons (Fsp3) is 0.571. The largest absolute Gasteiger partial charge is 0.357 e. The van der Waals surface area contributed by atoms with Gasteiger partial charge in [0, 0.05) is 37.9 Å². The van der Waals surface area contributed by atoms with Crippen LogP contribution in [0.5, 0.6) is 0 Å². The van der Waals surface area contributed by atoms with Crippen molar-refractivity contribution in [3.63, 3.8) is 0 Å². The molecule has 7 heteroatoms. The first kappa shape index (κ1) is 24.4. The van der Waals surface area contributed by atoms with Gasteiger partial charge in [-0.05, 0) is 25.8 Å². The van der Waals surface area contributed by atoms with E-state index in [1.165, 1.54) is 11.1 Å². The molecule has 0 aliphatic carbocycles. The van der Waals surface area contributed by atoms with Crippen molar-refractivity contribution in [1.82, 2.24) is 20.8 Å². The molecule has 0 aliphatic heterocycles. The van der Waals surface area contributed by atoms with Crippen LogP contribution in [0.1, 0.15) is 68.8 Å². The molecule has 0 saturated carbocycles. The van der Waals surface area contributed by atoms with Crippen LogP contribution in [0.15, 0.2) is 33.8 Å². The van der Waals surface area contributed by atoms with Gasteiger partial charge < -0.3 is 15.2 Å². The molecular formula is C21H34IN5O. The third kappa shape index (κ3) is 8.16. The highest BCUT2D eigenvalue weighted by molar-refractivity contribution is 14.0. The van der Waals surface area contributed by atoms with Gasteiger partial charge in [-0.3, -0.25) is 4.99 Å². The van der Waals surface area contributed by atoms with E-state index in [4.69, 9.17) is 9.52 Å². The molecule has 0 spiro atoms. The van der Waals surface area contributed by atoms with Crippen LogP contribution < -0.4 is 10.6 Å². The van der Waals surface area contributed by atoms with E-state index in [1.807, 2.05) is 0 Å². The Balaban J connectivity index is 0.00000392. The van der Waals surface area contributed by atoms with E-state index < -0.39 is 0 Å². The molecule has 156 valence electrons. The quantitative estimate of drug-likeness (QED) is 0.231. The third-order valence-electron chi connectivity index (χ3n) is 4.37. The Morgan fingerprint density at radius 2 is 1.86 bits per heavy atom. The monoisotopic (exact) mass is 499 g/mol. The predicted molar refractivity (Wildman–Crippen MR) is 126 cm³/mol. The Kier molecular flexibility index (Phi) is 11.1. The summed E-state index contributed by atoms with van der Waals surface area (Å²) in [7, 11) is 0. The Hall–Kier alpha value is -1.64. The van der Waals surface area contributed by atoms with Gasteiger partial charge >= 0.3 is 0 Å². The minimum atomic E-state index is 0. The fourth-order valence-corrected chi connectivity index (χ4v) is 2.62. The number of hydrogen-bond donors (Lipinski definition) is 2. The number of rotatable bonds is 9. The van der Waals surface area contributed by atoms with E-state index in [9.17, 15) is 0 Å². The van der Waals surface area contributed by atoms with Crippen molar-refractivity contribution in [1.29, 1.82) is 0 Å². The highest BCUT2D eigenvalue weighted by Gasteiger charge is 2.09. The van der Waals surface area contributed by atoms with Crippen molar-refractivity contribution in [2.45, 2.75) is 59.3 Å². The Labute approximate surface area is 186 Å². The number of guanidine groups is 1. The van der Waals surface area contributed by atoms with Gasteiger partial charge in [-0.25, -0.2) is 0 Å². The predicted octanol–water partition coefficient (Wildman–Crippen LogP) is 4.41. The standard InChI is InChI=1S/C21H33N5O.HI/c1-6-22-21(24-14-17(5)18-11-9-16(4)10-12-18)23-13-7-8-19-25-20(15(2)3)26-27-19;/h9-12,15,17H,6-8,13-14H2,1-5H3,(H2,22,23,24);1H. The van der Waals surface area contributed by atoms with Crippen LogP contribution in [0.3, 0.4) is 0 Å². The summed E-state index contributed by atoms with van der Waals surface area (Å²) in [6.45, 7) is 12.9. The normalized spacial score (nSPS) is 12.6. The summed E-state index contributed by atoms with van der Waals surface area (Å²) < 4.78 is 5.28. The highest BCUT2D eigenvalue weighted by atomic mass is 127. The second-order valence-electron chi connectivity index (χ2n) is 7.26. The van der Waals surface area contributed by atoms with Gasteiger partial charge in [-0.15, -0.1) is 24.0 Å². The van der Waals surface area contributed by atoms with Crippen molar-refractivity contribution in [3.8, 4) is 0 Å². The molecule has 0 saturated heterocycles. The lowest BCUT2D eigenvalue weighted by Crippen LogP contribution is -2.38. The van der Waals surface area contributed by atoms with E-state index >= 15 is 0 Å². The molecule has 2 N–H and O–H groups in total. The molecule has 1 atom stereocenters. The number of benzene rings is 1. The molecule has 1 aromatic carbocycles. The Morgan fingerprint density at radius 3 is 2.46 bits per heavy atom. The van der Waals surface area contributed by atoms with Crippen molar-refractivity contribution in [2.75, 3.05) is 19.6 Å². The zero-order valence-electron chi connectivity index (χ0n) is 17.7. The summed E-state index contributed by atoms with van der Waals surface area (Å²) in [6, 6.07) is 8.68. The molecule has 2 aromatic rings. The molecule has 1 aromatic heterocycles. The summed E-state index contributed by atoms with van der Waals surface area (Å²) in [5, 5.41) is 10.7. The summed E-state index contributed by atoms with van der Waals surface area (Å²) in [6.07, 6.45) is 1.68. The van der Waals surface area contributed by atoms with Gasteiger partial charge in [-0.2, -0.15) is 4.98 Å². The maximum atomic E-state index is 5.28. The Morgan fingerprint density at radius 1 is 1.14 bits per heavy atom. The first-order chi connectivity index (χ1) is 13.0. The summed E-state index contributed by atoms with van der Waals surface area (Å²) in [4.78, 5) is 9.14. The number of aryl methyl sites for hydroxylation is 2. The molecule has 1 heterocycles. The lowest BCUT2D eigenvalue weighted by Gasteiger charge is -2.13. The minimum Gasteiger partial charge on any atom is -0.357 e. The molecule has 0 radical (unpaired) electrons. The second-order valence-corrected chi connectivity index (χ2v) is 7.26. The first-order valence-corrected chi connectivity index (χ1v) is 9.90. The molecule has 0 fully saturated rings. The number of aromatic nitrogens is 2. The molecule has 0 amide bonds. The number of nitrogens with one attached hydrogen (secondary N) is 2.